The Kier molecular flexibility index (Phi) is 10.00. The Labute approximate surface area is 282 Å². The van der Waals surface area contributed by atoms with Gasteiger partial charge >= 0.3 is 0 Å². The van der Waals surface area contributed by atoms with Crippen molar-refractivity contribution in [2.75, 3.05) is 32.8 Å². The Hall–Kier alpha value is -3.89. The van der Waals surface area contributed by atoms with E-state index >= 15 is 0 Å². The topological polar surface area (TPSA) is 89.5 Å². The normalized spacial score (nSPS) is 24.0. The molecular weight excluding hydrogens is 604 g/mol. The lowest BCUT2D eigenvalue weighted by molar-refractivity contribution is -0.278. The molecule has 8 heteroatoms. The second-order valence-electron chi connectivity index (χ2n) is 13.1. The second kappa shape index (κ2) is 14.7. The number of nitrogens with zero attached hydrogens (tertiary/aromatic N) is 1. The molecule has 8 nitrogen and oxygen atoms in total. The zero-order valence-corrected chi connectivity index (χ0v) is 27.4. The van der Waals surface area contributed by atoms with Crippen LogP contribution in [0.15, 0.2) is 103 Å². The predicted molar refractivity (Wildman–Crippen MR) is 183 cm³/mol. The molecule has 4 atom stereocenters. The lowest BCUT2D eigenvalue weighted by Crippen LogP contribution is -2.50. The van der Waals surface area contributed by atoms with E-state index in [9.17, 15) is 9.90 Å². The van der Waals surface area contributed by atoms with Crippen LogP contribution in [0, 0.1) is 5.92 Å². The van der Waals surface area contributed by atoms with Gasteiger partial charge in [0, 0.05) is 56.1 Å². The van der Waals surface area contributed by atoms with Crippen LogP contribution < -0.4 is 5.32 Å². The Morgan fingerprint density at radius 3 is 2.25 bits per heavy atom. The summed E-state index contributed by atoms with van der Waals surface area (Å²) >= 11 is 0. The van der Waals surface area contributed by atoms with E-state index in [2.05, 4.69) is 59.6 Å². The molecule has 1 spiro atoms. The summed E-state index contributed by atoms with van der Waals surface area (Å²) in [5.41, 5.74) is 6.67. The summed E-state index contributed by atoms with van der Waals surface area (Å²) in [5, 5.41) is 12.7. The van der Waals surface area contributed by atoms with E-state index in [1.165, 1.54) is 0 Å². The minimum atomic E-state index is -0.556. The fourth-order valence-corrected chi connectivity index (χ4v) is 7.04. The van der Waals surface area contributed by atoms with E-state index in [1.807, 2.05) is 60.7 Å². The van der Waals surface area contributed by atoms with Gasteiger partial charge in [0.15, 0.2) is 12.1 Å². The van der Waals surface area contributed by atoms with Crippen molar-refractivity contribution in [2.24, 2.45) is 5.92 Å². The van der Waals surface area contributed by atoms with Gasteiger partial charge in [-0.1, -0.05) is 85.8 Å². The van der Waals surface area contributed by atoms with Crippen LogP contribution in [0.2, 0.25) is 0 Å². The monoisotopic (exact) mass is 648 g/mol. The van der Waals surface area contributed by atoms with E-state index in [1.54, 1.807) is 0 Å². The first-order valence-electron chi connectivity index (χ1n) is 17.0. The molecule has 3 aliphatic rings. The SMILES string of the molecule is C[C@H]1[C@@H](CN2CCC3(CC2)OCCO3)O[C@@H](c2cccc(-c3cccc(CNC(=O)c4ccccc4)c3)c2)O[C@H]1c1ccc(CO)cc1. The van der Waals surface area contributed by atoms with Gasteiger partial charge in [-0.05, 0) is 52.1 Å². The summed E-state index contributed by atoms with van der Waals surface area (Å²) in [5.74, 6) is -0.408. The molecule has 0 aromatic heterocycles. The number of hydrogen-bond acceptors (Lipinski definition) is 7. The van der Waals surface area contributed by atoms with Crippen LogP contribution >= 0.6 is 0 Å². The van der Waals surface area contributed by atoms with Crippen LogP contribution in [-0.2, 0) is 32.1 Å². The van der Waals surface area contributed by atoms with Crippen LogP contribution in [0.5, 0.6) is 0 Å². The molecule has 0 radical (unpaired) electrons. The first-order valence-corrected chi connectivity index (χ1v) is 17.0. The lowest BCUT2D eigenvalue weighted by atomic mass is 9.89. The molecule has 3 aliphatic heterocycles. The maximum atomic E-state index is 12.6. The number of likely N-dealkylation sites (tertiary alicyclic amines) is 1. The number of rotatable bonds is 9. The van der Waals surface area contributed by atoms with E-state index in [0.29, 0.717) is 25.3 Å². The molecule has 3 saturated heterocycles. The van der Waals surface area contributed by atoms with Crippen molar-refractivity contribution in [3.63, 3.8) is 0 Å². The van der Waals surface area contributed by atoms with Crippen LogP contribution in [0.1, 0.15) is 64.8 Å². The van der Waals surface area contributed by atoms with Gasteiger partial charge in [-0.3, -0.25) is 4.79 Å². The summed E-state index contributed by atoms with van der Waals surface area (Å²) in [6, 6.07) is 33.9. The van der Waals surface area contributed by atoms with Crippen LogP contribution in [-0.4, -0.2) is 60.7 Å². The Morgan fingerprint density at radius 2 is 1.52 bits per heavy atom. The highest BCUT2D eigenvalue weighted by Gasteiger charge is 2.43. The molecule has 0 bridgehead atoms. The van der Waals surface area contributed by atoms with Gasteiger partial charge in [-0.25, -0.2) is 0 Å². The fraction of sp³-hybridized carbons (Fsp3) is 0.375. The minimum absolute atomic E-state index is 0.00693. The van der Waals surface area contributed by atoms with Gasteiger partial charge in [0.25, 0.3) is 5.91 Å². The largest absolute Gasteiger partial charge is 0.392 e. The number of aliphatic hydroxyl groups is 1. The molecule has 0 saturated carbocycles. The molecule has 0 aliphatic carbocycles. The van der Waals surface area contributed by atoms with Crippen molar-refractivity contribution in [1.82, 2.24) is 10.2 Å². The molecule has 3 fully saturated rings. The van der Waals surface area contributed by atoms with Gasteiger partial charge in [0.1, 0.15) is 0 Å². The van der Waals surface area contributed by atoms with Gasteiger partial charge in [0.05, 0.1) is 32.0 Å². The minimum Gasteiger partial charge on any atom is -0.392 e. The number of amides is 1. The third-order valence-electron chi connectivity index (χ3n) is 9.90. The third kappa shape index (κ3) is 7.39. The highest BCUT2D eigenvalue weighted by molar-refractivity contribution is 5.94. The molecule has 3 heterocycles. The maximum Gasteiger partial charge on any atom is 0.251 e. The number of carbonyl (C=O) groups is 1. The first kappa shape index (κ1) is 32.6. The summed E-state index contributed by atoms with van der Waals surface area (Å²) < 4.78 is 25.5. The summed E-state index contributed by atoms with van der Waals surface area (Å²) in [6.45, 7) is 6.57. The van der Waals surface area contributed by atoms with Gasteiger partial charge in [-0.2, -0.15) is 0 Å². The quantitative estimate of drug-likeness (QED) is 0.217. The average molecular weight is 649 g/mol. The highest BCUT2D eigenvalue weighted by atomic mass is 16.7. The van der Waals surface area contributed by atoms with E-state index in [-0.39, 0.29) is 30.6 Å². The van der Waals surface area contributed by atoms with Crippen molar-refractivity contribution in [1.29, 1.82) is 0 Å². The number of hydrogen-bond donors (Lipinski definition) is 2. The summed E-state index contributed by atoms with van der Waals surface area (Å²) in [7, 11) is 0. The molecule has 250 valence electrons. The number of ether oxygens (including phenoxy) is 4. The molecule has 7 rings (SSSR count). The number of carbonyl (C=O) groups excluding carboxylic acids is 1. The maximum absolute atomic E-state index is 12.6. The Bertz CT molecular complexity index is 1660. The Morgan fingerprint density at radius 1 is 0.812 bits per heavy atom. The van der Waals surface area contributed by atoms with Crippen LogP contribution in [0.4, 0.5) is 0 Å². The van der Waals surface area contributed by atoms with E-state index < -0.39 is 12.1 Å². The van der Waals surface area contributed by atoms with Crippen molar-refractivity contribution >= 4 is 5.91 Å². The molecule has 4 aromatic carbocycles. The standard InChI is InChI=1S/C40H44N2O6/c1-28-36(26-42-19-17-40(18-20-42)45-21-22-46-40)47-39(48-37(28)31-15-13-29(27-43)14-16-31)35-12-6-11-34(24-35)33-10-5-7-30(23-33)25-41-38(44)32-8-3-2-4-9-32/h2-16,23-24,28,36-37,39,43H,17-22,25-27H2,1H3,(H,41,44)/t28-,36+,37+,39+/m0/s1. The van der Waals surface area contributed by atoms with Crippen LogP contribution in [0.25, 0.3) is 11.1 Å². The summed E-state index contributed by atoms with van der Waals surface area (Å²) in [4.78, 5) is 15.1. The first-order chi connectivity index (χ1) is 23.5. The smallest absolute Gasteiger partial charge is 0.251 e. The van der Waals surface area contributed by atoms with Crippen molar-refractivity contribution in [2.45, 2.75) is 57.2 Å². The van der Waals surface area contributed by atoms with Gasteiger partial charge < -0.3 is 34.3 Å². The molecule has 1 amide bonds. The molecule has 2 N–H and O–H groups in total. The Balaban J connectivity index is 1.09. The number of piperidine rings is 1. The number of nitrogens with one attached hydrogen (secondary N) is 1. The summed E-state index contributed by atoms with van der Waals surface area (Å²) in [6.07, 6.45) is 0.916. The lowest BCUT2D eigenvalue weighted by Gasteiger charge is -2.44. The van der Waals surface area contributed by atoms with E-state index in [0.717, 1.165) is 65.9 Å². The highest BCUT2D eigenvalue weighted by Crippen LogP contribution is 2.43. The fourth-order valence-electron chi connectivity index (χ4n) is 7.04. The third-order valence-corrected chi connectivity index (χ3v) is 9.90. The van der Waals surface area contributed by atoms with Gasteiger partial charge in [0.2, 0.25) is 0 Å². The van der Waals surface area contributed by atoms with Crippen molar-refractivity contribution in [3.05, 3.63) is 131 Å². The number of aliphatic hydroxyl groups excluding tert-OH is 1. The second-order valence-corrected chi connectivity index (χ2v) is 13.1. The van der Waals surface area contributed by atoms with Gasteiger partial charge in [-0.15, -0.1) is 0 Å². The molecule has 48 heavy (non-hydrogen) atoms. The molecule has 0 unspecified atom stereocenters. The average Bonchev–Trinajstić information content (AvgIpc) is 3.61. The van der Waals surface area contributed by atoms with Crippen molar-refractivity contribution in [3.8, 4) is 11.1 Å². The zero-order chi connectivity index (χ0) is 32.9. The van der Waals surface area contributed by atoms with Crippen molar-refractivity contribution < 1.29 is 28.8 Å². The molecule has 4 aromatic rings. The molecular formula is C40H44N2O6. The van der Waals surface area contributed by atoms with E-state index in [4.69, 9.17) is 18.9 Å². The zero-order valence-electron chi connectivity index (χ0n) is 27.4. The predicted octanol–water partition coefficient (Wildman–Crippen LogP) is 6.41. The van der Waals surface area contributed by atoms with Crippen LogP contribution in [0.3, 0.4) is 0 Å². The number of benzene rings is 4.